The van der Waals surface area contributed by atoms with E-state index in [1.165, 1.54) is 0 Å². The molecule has 3 aromatic rings. The number of carbonyl (C=O) groups excluding carboxylic acids is 3. The lowest BCUT2D eigenvalue weighted by Crippen LogP contribution is -2.25. The van der Waals surface area contributed by atoms with Crippen molar-refractivity contribution in [1.29, 1.82) is 0 Å². The molecule has 2 amide bonds. The Bertz CT molecular complexity index is 1070. The summed E-state index contributed by atoms with van der Waals surface area (Å²) < 4.78 is 10.4. The van der Waals surface area contributed by atoms with Gasteiger partial charge in [0, 0.05) is 5.69 Å². The molecule has 2 N–H and O–H groups in total. The van der Waals surface area contributed by atoms with Crippen molar-refractivity contribution in [3.05, 3.63) is 90.0 Å². The van der Waals surface area contributed by atoms with E-state index in [0.29, 0.717) is 17.1 Å². The summed E-state index contributed by atoms with van der Waals surface area (Å²) in [6.45, 7) is 1.05. The summed E-state index contributed by atoms with van der Waals surface area (Å²) in [4.78, 5) is 36.7. The van der Waals surface area contributed by atoms with Gasteiger partial charge in [0.25, 0.3) is 11.8 Å². The molecule has 0 unspecified atom stereocenters. The zero-order chi connectivity index (χ0) is 22.1. The van der Waals surface area contributed by atoms with Crippen LogP contribution in [0.1, 0.15) is 15.9 Å². The van der Waals surface area contributed by atoms with Crippen LogP contribution >= 0.6 is 0 Å². The second-order valence-corrected chi connectivity index (χ2v) is 6.63. The number of para-hydroxylation sites is 3. The molecular formula is C24H22N2O5. The number of amides is 2. The number of rotatable bonds is 8. The van der Waals surface area contributed by atoms with Crippen molar-refractivity contribution < 1.29 is 23.9 Å². The third kappa shape index (κ3) is 6.43. The Balaban J connectivity index is 1.52. The van der Waals surface area contributed by atoms with Gasteiger partial charge in [0.2, 0.25) is 0 Å². The Kier molecular flexibility index (Phi) is 7.37. The largest absolute Gasteiger partial charge is 0.482 e. The number of hydrogen-bond donors (Lipinski definition) is 2. The number of nitrogens with one attached hydrogen (secondary N) is 2. The van der Waals surface area contributed by atoms with Gasteiger partial charge in [-0.2, -0.15) is 0 Å². The van der Waals surface area contributed by atoms with Gasteiger partial charge in [-0.15, -0.1) is 0 Å². The number of aryl methyl sites for hydroxylation is 1. The van der Waals surface area contributed by atoms with Crippen LogP contribution in [-0.4, -0.2) is 31.0 Å². The number of ether oxygens (including phenoxy) is 2. The Morgan fingerprint density at radius 2 is 1.45 bits per heavy atom. The monoisotopic (exact) mass is 418 g/mol. The van der Waals surface area contributed by atoms with Crippen molar-refractivity contribution in [1.82, 2.24) is 0 Å². The van der Waals surface area contributed by atoms with E-state index in [-0.39, 0.29) is 18.1 Å². The van der Waals surface area contributed by atoms with Gasteiger partial charge in [-0.1, -0.05) is 48.5 Å². The smallest absolute Gasteiger partial charge is 0.344 e. The van der Waals surface area contributed by atoms with E-state index in [2.05, 4.69) is 10.6 Å². The fourth-order valence-electron chi connectivity index (χ4n) is 2.74. The van der Waals surface area contributed by atoms with Crippen molar-refractivity contribution in [2.75, 3.05) is 23.8 Å². The van der Waals surface area contributed by atoms with Gasteiger partial charge < -0.3 is 20.1 Å². The van der Waals surface area contributed by atoms with E-state index in [1.807, 2.05) is 25.1 Å². The summed E-state index contributed by atoms with van der Waals surface area (Å²) in [5.74, 6) is -1.04. The van der Waals surface area contributed by atoms with Crippen LogP contribution in [0.15, 0.2) is 78.9 Å². The zero-order valence-electron chi connectivity index (χ0n) is 17.0. The summed E-state index contributed by atoms with van der Waals surface area (Å²) >= 11 is 0. The molecule has 0 radical (unpaired) electrons. The summed E-state index contributed by atoms with van der Waals surface area (Å²) in [5, 5.41) is 5.36. The van der Waals surface area contributed by atoms with Crippen LogP contribution in [0.25, 0.3) is 0 Å². The maximum absolute atomic E-state index is 12.6. The van der Waals surface area contributed by atoms with Gasteiger partial charge in [0.1, 0.15) is 5.75 Å². The molecule has 0 atom stereocenters. The summed E-state index contributed by atoms with van der Waals surface area (Å²) in [6, 6.07) is 22.8. The average molecular weight is 418 g/mol. The predicted octanol–water partition coefficient (Wildman–Crippen LogP) is 3.81. The standard InChI is InChI=1S/C24H22N2O5/c1-17-9-5-8-14-21(17)30-16-23(28)31-15-22(27)26-20-13-7-6-12-19(20)24(29)25-18-10-3-2-4-11-18/h2-14H,15-16H2,1H3,(H,25,29)(H,26,27). The summed E-state index contributed by atoms with van der Waals surface area (Å²) in [6.07, 6.45) is 0. The van der Waals surface area contributed by atoms with Gasteiger partial charge in [0.05, 0.1) is 11.3 Å². The Hall–Kier alpha value is -4.13. The first-order valence-electron chi connectivity index (χ1n) is 9.62. The fourth-order valence-corrected chi connectivity index (χ4v) is 2.74. The molecule has 3 aromatic carbocycles. The number of benzene rings is 3. The molecule has 7 heteroatoms. The van der Waals surface area contributed by atoms with Crippen LogP contribution < -0.4 is 15.4 Å². The molecular weight excluding hydrogens is 396 g/mol. The van der Waals surface area contributed by atoms with E-state index in [1.54, 1.807) is 60.7 Å². The predicted molar refractivity (Wildman–Crippen MR) is 117 cm³/mol. The van der Waals surface area contributed by atoms with Crippen LogP contribution in [0, 0.1) is 6.92 Å². The lowest BCUT2D eigenvalue weighted by molar-refractivity contribution is -0.149. The second kappa shape index (κ2) is 10.6. The lowest BCUT2D eigenvalue weighted by Gasteiger charge is -2.12. The summed E-state index contributed by atoms with van der Waals surface area (Å²) in [7, 11) is 0. The topological polar surface area (TPSA) is 93.7 Å². The van der Waals surface area contributed by atoms with Gasteiger partial charge in [0.15, 0.2) is 13.2 Å². The Morgan fingerprint density at radius 3 is 2.23 bits per heavy atom. The van der Waals surface area contributed by atoms with Crippen LogP contribution in [-0.2, 0) is 14.3 Å². The Labute approximate surface area is 180 Å². The number of esters is 1. The molecule has 0 bridgehead atoms. The minimum absolute atomic E-state index is 0.286. The van der Waals surface area contributed by atoms with Gasteiger partial charge in [-0.25, -0.2) is 4.79 Å². The molecule has 158 valence electrons. The minimum Gasteiger partial charge on any atom is -0.482 e. The summed E-state index contributed by atoms with van der Waals surface area (Å²) in [5.41, 5.74) is 2.12. The van der Waals surface area contributed by atoms with Gasteiger partial charge in [-0.05, 0) is 42.8 Å². The van der Waals surface area contributed by atoms with Crippen LogP contribution in [0.4, 0.5) is 11.4 Å². The highest BCUT2D eigenvalue weighted by atomic mass is 16.6. The maximum Gasteiger partial charge on any atom is 0.344 e. The molecule has 0 aliphatic carbocycles. The van der Waals surface area contributed by atoms with E-state index < -0.39 is 18.5 Å². The third-order valence-corrected chi connectivity index (χ3v) is 4.28. The van der Waals surface area contributed by atoms with Crippen molar-refractivity contribution >= 4 is 29.2 Å². The molecule has 3 rings (SSSR count). The van der Waals surface area contributed by atoms with Crippen LogP contribution in [0.3, 0.4) is 0 Å². The average Bonchev–Trinajstić information content (AvgIpc) is 2.78. The quantitative estimate of drug-likeness (QED) is 0.543. The van der Waals surface area contributed by atoms with Gasteiger partial charge >= 0.3 is 5.97 Å². The molecule has 0 aliphatic heterocycles. The molecule has 0 spiro atoms. The first-order valence-corrected chi connectivity index (χ1v) is 9.62. The molecule has 0 heterocycles. The molecule has 0 aromatic heterocycles. The Morgan fingerprint density at radius 1 is 0.774 bits per heavy atom. The highest BCUT2D eigenvalue weighted by Crippen LogP contribution is 2.18. The first kappa shape index (κ1) is 21.6. The zero-order valence-corrected chi connectivity index (χ0v) is 17.0. The van der Waals surface area contributed by atoms with Crippen LogP contribution in [0.5, 0.6) is 5.75 Å². The molecule has 0 aliphatic rings. The number of hydrogen-bond acceptors (Lipinski definition) is 5. The van der Waals surface area contributed by atoms with E-state index in [0.717, 1.165) is 5.56 Å². The van der Waals surface area contributed by atoms with Crippen molar-refractivity contribution in [2.24, 2.45) is 0 Å². The maximum atomic E-state index is 12.6. The molecule has 31 heavy (non-hydrogen) atoms. The van der Waals surface area contributed by atoms with E-state index >= 15 is 0 Å². The van der Waals surface area contributed by atoms with Gasteiger partial charge in [-0.3, -0.25) is 9.59 Å². The molecule has 0 fully saturated rings. The van der Waals surface area contributed by atoms with Crippen LogP contribution in [0.2, 0.25) is 0 Å². The minimum atomic E-state index is -0.673. The van der Waals surface area contributed by atoms with E-state index in [4.69, 9.17) is 9.47 Å². The SMILES string of the molecule is Cc1ccccc1OCC(=O)OCC(=O)Nc1ccccc1C(=O)Nc1ccccc1. The first-order chi connectivity index (χ1) is 15.0. The van der Waals surface area contributed by atoms with Crippen molar-refractivity contribution in [3.8, 4) is 5.75 Å². The highest BCUT2D eigenvalue weighted by Gasteiger charge is 2.15. The van der Waals surface area contributed by atoms with E-state index in [9.17, 15) is 14.4 Å². The normalized spacial score (nSPS) is 10.1. The molecule has 7 nitrogen and oxygen atoms in total. The number of carbonyl (C=O) groups is 3. The number of anilines is 2. The second-order valence-electron chi connectivity index (χ2n) is 6.63. The van der Waals surface area contributed by atoms with Crippen molar-refractivity contribution in [3.63, 3.8) is 0 Å². The molecule has 0 saturated heterocycles. The third-order valence-electron chi connectivity index (χ3n) is 4.28. The lowest BCUT2D eigenvalue weighted by atomic mass is 10.1. The molecule has 0 saturated carbocycles. The highest BCUT2D eigenvalue weighted by molar-refractivity contribution is 6.10. The van der Waals surface area contributed by atoms with Crippen molar-refractivity contribution in [2.45, 2.75) is 6.92 Å². The fraction of sp³-hybridized carbons (Fsp3) is 0.125.